The molecule has 0 bridgehead atoms. The molecule has 0 saturated carbocycles. The summed E-state index contributed by atoms with van der Waals surface area (Å²) in [6, 6.07) is 13.9. The molecule has 0 spiro atoms. The van der Waals surface area contributed by atoms with Crippen LogP contribution in [0.1, 0.15) is 5.56 Å². The van der Waals surface area contributed by atoms with Gasteiger partial charge >= 0.3 is 6.03 Å². The number of hydrogen-bond donors (Lipinski definition) is 4. The van der Waals surface area contributed by atoms with Crippen molar-refractivity contribution in [3.05, 3.63) is 58.6 Å². The molecule has 9 heteroatoms. The van der Waals surface area contributed by atoms with Crippen molar-refractivity contribution < 1.29 is 14.3 Å². The first-order valence-corrected chi connectivity index (χ1v) is 8.75. The lowest BCUT2D eigenvalue weighted by atomic mass is 10.2. The second-order valence-corrected chi connectivity index (χ2v) is 6.43. The molecule has 0 heterocycles. The van der Waals surface area contributed by atoms with E-state index in [9.17, 15) is 9.59 Å². The molecule has 0 aromatic heterocycles. The first kappa shape index (κ1) is 19.7. The molecule has 0 aliphatic rings. The van der Waals surface area contributed by atoms with Gasteiger partial charge in [-0.3, -0.25) is 15.5 Å². The fourth-order valence-corrected chi connectivity index (χ4v) is 2.63. The number of ether oxygens (including phenoxy) is 1. The van der Waals surface area contributed by atoms with Crippen LogP contribution in [-0.4, -0.2) is 23.7 Å². The third kappa shape index (κ3) is 6.69. The third-order valence-corrected chi connectivity index (χ3v) is 3.84. The van der Waals surface area contributed by atoms with Gasteiger partial charge in [0.15, 0.2) is 11.7 Å². The summed E-state index contributed by atoms with van der Waals surface area (Å²) in [6.07, 6.45) is 0. The Bertz CT molecular complexity index is 802. The Kier molecular flexibility index (Phi) is 7.37. The van der Waals surface area contributed by atoms with Crippen LogP contribution in [-0.2, 0) is 4.79 Å². The van der Waals surface area contributed by atoms with Gasteiger partial charge in [-0.05, 0) is 64.9 Å². The Morgan fingerprint density at radius 3 is 2.54 bits per heavy atom. The van der Waals surface area contributed by atoms with Gasteiger partial charge in [-0.25, -0.2) is 10.2 Å². The molecule has 7 nitrogen and oxygen atoms in total. The third-order valence-electron chi connectivity index (χ3n) is 3.02. The van der Waals surface area contributed by atoms with Crippen LogP contribution in [0.5, 0.6) is 5.75 Å². The molecule has 0 atom stereocenters. The molecular weight excluding hydrogens is 420 g/mol. The highest BCUT2D eigenvalue weighted by atomic mass is 79.9. The predicted octanol–water partition coefficient (Wildman–Crippen LogP) is 2.86. The van der Waals surface area contributed by atoms with E-state index in [0.29, 0.717) is 11.4 Å². The Labute approximate surface area is 164 Å². The minimum atomic E-state index is -0.521. The number of nitrogens with one attached hydrogen (secondary N) is 4. The lowest BCUT2D eigenvalue weighted by Gasteiger charge is -2.12. The zero-order valence-electron chi connectivity index (χ0n) is 13.8. The van der Waals surface area contributed by atoms with Crippen LogP contribution in [0.3, 0.4) is 0 Å². The van der Waals surface area contributed by atoms with E-state index in [-0.39, 0.29) is 11.7 Å². The summed E-state index contributed by atoms with van der Waals surface area (Å²) in [6.45, 7) is 1.73. The maximum absolute atomic E-state index is 11.8. The van der Waals surface area contributed by atoms with Crippen molar-refractivity contribution in [3.8, 4) is 5.75 Å². The van der Waals surface area contributed by atoms with Gasteiger partial charge in [0.2, 0.25) is 0 Å². The van der Waals surface area contributed by atoms with E-state index < -0.39 is 11.9 Å². The van der Waals surface area contributed by atoms with E-state index in [1.165, 1.54) is 0 Å². The van der Waals surface area contributed by atoms with Crippen LogP contribution in [0.25, 0.3) is 0 Å². The summed E-state index contributed by atoms with van der Waals surface area (Å²) in [7, 11) is 0. The molecule has 0 saturated heterocycles. The second-order valence-electron chi connectivity index (χ2n) is 5.17. The molecule has 2 aromatic carbocycles. The average molecular weight is 437 g/mol. The molecule has 26 heavy (non-hydrogen) atoms. The van der Waals surface area contributed by atoms with Gasteiger partial charge in [-0.15, -0.1) is 0 Å². The smallest absolute Gasteiger partial charge is 0.337 e. The van der Waals surface area contributed by atoms with Gasteiger partial charge in [0.25, 0.3) is 5.91 Å². The average Bonchev–Trinajstić information content (AvgIpc) is 2.60. The maximum Gasteiger partial charge on any atom is 0.337 e. The fraction of sp³-hybridized carbons (Fsp3) is 0.118. The van der Waals surface area contributed by atoms with E-state index in [0.717, 1.165) is 10.0 Å². The predicted molar refractivity (Wildman–Crippen MR) is 107 cm³/mol. The molecule has 0 aliphatic heterocycles. The molecule has 2 aromatic rings. The van der Waals surface area contributed by atoms with Crippen LogP contribution in [0, 0.1) is 6.92 Å². The van der Waals surface area contributed by atoms with Crippen LogP contribution >= 0.6 is 28.1 Å². The molecule has 0 radical (unpaired) electrons. The topological polar surface area (TPSA) is 91.5 Å². The SMILES string of the molecule is Cc1ccc(OCC(=O)NC(=S)NNC(=O)Nc2ccccc2)c(Br)c1. The molecule has 3 amide bonds. The van der Waals surface area contributed by atoms with Crippen LogP contribution in [0.2, 0.25) is 0 Å². The van der Waals surface area contributed by atoms with Crippen molar-refractivity contribution in [2.75, 3.05) is 11.9 Å². The summed E-state index contributed by atoms with van der Waals surface area (Å²) in [5.74, 6) is 0.0882. The van der Waals surface area contributed by atoms with Crippen LogP contribution in [0.15, 0.2) is 53.0 Å². The van der Waals surface area contributed by atoms with Gasteiger partial charge in [0, 0.05) is 5.69 Å². The Hall–Kier alpha value is -2.65. The number of carbonyl (C=O) groups is 2. The van der Waals surface area contributed by atoms with Gasteiger partial charge in [-0.1, -0.05) is 24.3 Å². The van der Waals surface area contributed by atoms with Gasteiger partial charge < -0.3 is 10.1 Å². The highest BCUT2D eigenvalue weighted by molar-refractivity contribution is 9.10. The van der Waals surface area contributed by atoms with Crippen LogP contribution < -0.4 is 26.2 Å². The lowest BCUT2D eigenvalue weighted by Crippen LogP contribution is -2.50. The molecule has 2 rings (SSSR count). The lowest BCUT2D eigenvalue weighted by molar-refractivity contribution is -0.121. The van der Waals surface area contributed by atoms with Gasteiger partial charge in [0.1, 0.15) is 5.75 Å². The second kappa shape index (κ2) is 9.73. The summed E-state index contributed by atoms with van der Waals surface area (Å²) in [5.41, 5.74) is 6.44. The van der Waals surface area contributed by atoms with E-state index in [4.69, 9.17) is 17.0 Å². The number of urea groups is 1. The zero-order chi connectivity index (χ0) is 18.9. The first-order valence-electron chi connectivity index (χ1n) is 7.55. The molecule has 4 N–H and O–H groups in total. The molecule has 0 fully saturated rings. The Morgan fingerprint density at radius 2 is 1.85 bits per heavy atom. The van der Waals surface area contributed by atoms with Crippen molar-refractivity contribution >= 4 is 50.9 Å². The van der Waals surface area contributed by atoms with E-state index in [1.807, 2.05) is 25.1 Å². The zero-order valence-corrected chi connectivity index (χ0v) is 16.2. The van der Waals surface area contributed by atoms with E-state index in [1.54, 1.807) is 30.3 Å². The number of rotatable bonds is 4. The largest absolute Gasteiger partial charge is 0.483 e. The van der Waals surface area contributed by atoms with Crippen molar-refractivity contribution in [1.29, 1.82) is 0 Å². The van der Waals surface area contributed by atoms with E-state index >= 15 is 0 Å². The standard InChI is InChI=1S/C17H17BrN4O3S/c1-11-7-8-14(13(18)9-11)25-10-15(23)20-17(26)22-21-16(24)19-12-5-3-2-4-6-12/h2-9H,10H2,1H3,(H2,19,21,24)(H2,20,22,23,26). The number of halogens is 1. The van der Waals surface area contributed by atoms with Crippen molar-refractivity contribution in [2.45, 2.75) is 6.92 Å². The highest BCUT2D eigenvalue weighted by Crippen LogP contribution is 2.25. The normalized spacial score (nSPS) is 9.77. The molecule has 0 aliphatic carbocycles. The van der Waals surface area contributed by atoms with Crippen molar-refractivity contribution in [3.63, 3.8) is 0 Å². The number of para-hydroxylation sites is 1. The highest BCUT2D eigenvalue weighted by Gasteiger charge is 2.08. The maximum atomic E-state index is 11.8. The minimum absolute atomic E-state index is 0.0511. The first-order chi connectivity index (χ1) is 12.4. The summed E-state index contributed by atoms with van der Waals surface area (Å²) in [4.78, 5) is 23.5. The van der Waals surface area contributed by atoms with Gasteiger partial charge in [0.05, 0.1) is 4.47 Å². The quantitative estimate of drug-likeness (QED) is 0.436. The number of anilines is 1. The summed E-state index contributed by atoms with van der Waals surface area (Å²) in [5, 5.41) is 4.94. The monoisotopic (exact) mass is 436 g/mol. The summed E-state index contributed by atoms with van der Waals surface area (Å²) >= 11 is 8.30. The Morgan fingerprint density at radius 1 is 1.12 bits per heavy atom. The fourth-order valence-electron chi connectivity index (χ4n) is 1.86. The molecule has 0 unspecified atom stereocenters. The number of carbonyl (C=O) groups excluding carboxylic acids is 2. The van der Waals surface area contributed by atoms with Crippen molar-refractivity contribution in [1.82, 2.24) is 16.2 Å². The van der Waals surface area contributed by atoms with Gasteiger partial charge in [-0.2, -0.15) is 0 Å². The number of aryl methyl sites for hydroxylation is 1. The number of hydrogen-bond acceptors (Lipinski definition) is 4. The van der Waals surface area contributed by atoms with Crippen LogP contribution in [0.4, 0.5) is 10.5 Å². The molecular formula is C17H17BrN4O3S. The number of amides is 3. The number of benzene rings is 2. The van der Waals surface area contributed by atoms with E-state index in [2.05, 4.69) is 37.4 Å². The number of hydrazine groups is 1. The molecule has 136 valence electrons. The summed E-state index contributed by atoms with van der Waals surface area (Å²) < 4.78 is 6.17. The van der Waals surface area contributed by atoms with Crippen molar-refractivity contribution in [2.24, 2.45) is 0 Å². The number of thiocarbonyl (C=S) groups is 1. The Balaban J connectivity index is 1.70. The minimum Gasteiger partial charge on any atom is -0.483 e.